The Kier molecular flexibility index (Phi) is 14.2. The molecule has 0 saturated carbocycles. The van der Waals surface area contributed by atoms with Gasteiger partial charge in [0, 0.05) is 31.0 Å². The van der Waals surface area contributed by atoms with Gasteiger partial charge in [0.1, 0.15) is 0 Å². The van der Waals surface area contributed by atoms with E-state index in [2.05, 4.69) is 73.8 Å². The monoisotopic (exact) mass is 480 g/mol. The largest absolute Gasteiger partial charge is 4.00 e. The maximum atomic E-state index is 4.70. The van der Waals surface area contributed by atoms with Crippen molar-refractivity contribution in [2.45, 2.75) is 84.5 Å². The van der Waals surface area contributed by atoms with Crippen molar-refractivity contribution in [1.82, 2.24) is 19.8 Å². The van der Waals surface area contributed by atoms with Gasteiger partial charge < -0.3 is 14.9 Å². The molecule has 2 aliphatic rings. The van der Waals surface area contributed by atoms with Crippen LogP contribution in [0.5, 0.6) is 0 Å². The van der Waals surface area contributed by atoms with Crippen LogP contribution in [0.1, 0.15) is 74.5 Å². The van der Waals surface area contributed by atoms with Gasteiger partial charge in [-0.1, -0.05) is 32.4 Å². The number of likely N-dealkylation sites (N-methyl/N-ethyl adjacent to an activating group) is 1. The minimum atomic E-state index is 0. The third-order valence-corrected chi connectivity index (χ3v) is 6.22. The average Bonchev–Trinajstić information content (AvgIpc) is 3.31. The average molecular weight is 481 g/mol. The number of aromatic nitrogens is 2. The Bertz CT molecular complexity index is 745. The normalized spacial score (nSPS) is 22.7. The summed E-state index contributed by atoms with van der Waals surface area (Å²) < 4.78 is 0. The first-order chi connectivity index (χ1) is 14.0. The maximum Gasteiger partial charge on any atom is 4.00 e. The third kappa shape index (κ3) is 7.66. The van der Waals surface area contributed by atoms with Crippen molar-refractivity contribution < 1.29 is 17.1 Å². The minimum Gasteiger partial charge on any atom is -0.358 e. The van der Waals surface area contributed by atoms with E-state index in [1.54, 1.807) is 0 Å². The fourth-order valence-corrected chi connectivity index (χ4v) is 4.75. The van der Waals surface area contributed by atoms with Crippen molar-refractivity contribution in [1.29, 1.82) is 0 Å². The van der Waals surface area contributed by atoms with E-state index in [4.69, 9.17) is 4.98 Å². The van der Waals surface area contributed by atoms with E-state index in [1.165, 1.54) is 61.2 Å². The third-order valence-electron chi connectivity index (χ3n) is 6.22. The Morgan fingerprint density at radius 3 is 2.06 bits per heavy atom. The van der Waals surface area contributed by atoms with E-state index in [1.807, 2.05) is 12.4 Å². The van der Waals surface area contributed by atoms with Crippen molar-refractivity contribution in [3.05, 3.63) is 74.0 Å². The predicted molar refractivity (Wildman–Crippen MR) is 134 cm³/mol. The summed E-state index contributed by atoms with van der Waals surface area (Å²) in [5, 5.41) is 0. The molecule has 32 heavy (non-hydrogen) atoms. The second-order valence-electron chi connectivity index (χ2n) is 8.80. The minimum absolute atomic E-state index is 0. The predicted octanol–water partition coefficient (Wildman–Crippen LogP) is 6.21. The number of aryl methyl sites for hydroxylation is 2. The van der Waals surface area contributed by atoms with E-state index in [0.29, 0.717) is 18.1 Å². The zero-order chi connectivity index (χ0) is 20.8. The van der Waals surface area contributed by atoms with Gasteiger partial charge in [0.15, 0.2) is 0 Å². The summed E-state index contributed by atoms with van der Waals surface area (Å²) in [6, 6.07) is 10.5. The molecule has 4 nitrogen and oxygen atoms in total. The Morgan fingerprint density at radius 1 is 0.875 bits per heavy atom. The summed E-state index contributed by atoms with van der Waals surface area (Å²) in [4.78, 5) is 14.6. The Balaban J connectivity index is 0.00000152. The van der Waals surface area contributed by atoms with Gasteiger partial charge in [-0.2, -0.15) is 0 Å². The molecular weight excluding hydrogens is 436 g/mol. The van der Waals surface area contributed by atoms with Crippen LogP contribution in [0.3, 0.4) is 0 Å². The van der Waals surface area contributed by atoms with E-state index >= 15 is 0 Å². The van der Waals surface area contributed by atoms with Gasteiger partial charge in [0.05, 0.1) is 17.4 Å². The van der Waals surface area contributed by atoms with Crippen LogP contribution in [0, 0.1) is 28.7 Å². The fourth-order valence-electron chi connectivity index (χ4n) is 4.75. The Labute approximate surface area is 208 Å². The van der Waals surface area contributed by atoms with Gasteiger partial charge >= 0.3 is 17.1 Å². The number of hydrogen-bond acceptors (Lipinski definition) is 4. The Morgan fingerprint density at radius 2 is 1.50 bits per heavy atom. The molecule has 4 rings (SSSR count). The summed E-state index contributed by atoms with van der Waals surface area (Å²) in [7, 11) is 2.30. The van der Waals surface area contributed by atoms with Crippen LogP contribution in [-0.4, -0.2) is 45.4 Å². The summed E-state index contributed by atoms with van der Waals surface area (Å²) in [5.74, 6) is 0. The van der Waals surface area contributed by atoms with Crippen LogP contribution in [0.4, 0.5) is 0 Å². The fraction of sp³-hybridized carbons (Fsp3) is 0.556. The molecule has 0 radical (unpaired) electrons. The molecular formula is C27H44FeN4+2. The molecule has 0 N–H and O–H groups in total. The van der Waals surface area contributed by atoms with Gasteiger partial charge in [-0.05, 0) is 76.4 Å². The van der Waals surface area contributed by atoms with Crippen molar-refractivity contribution >= 4 is 0 Å². The molecule has 2 fully saturated rings. The molecule has 2 aromatic rings. The molecule has 2 saturated heterocycles. The van der Waals surface area contributed by atoms with Crippen LogP contribution < -0.4 is 0 Å². The first kappa shape index (κ1) is 30.7. The molecule has 3 unspecified atom stereocenters. The van der Waals surface area contributed by atoms with Crippen LogP contribution in [-0.2, 0) is 23.6 Å². The van der Waals surface area contributed by atoms with Gasteiger partial charge in [-0.25, -0.2) is 0 Å². The molecule has 0 aliphatic carbocycles. The second-order valence-corrected chi connectivity index (χ2v) is 8.80. The van der Waals surface area contributed by atoms with E-state index in [9.17, 15) is 0 Å². The van der Waals surface area contributed by atoms with Gasteiger partial charge in [0.25, 0.3) is 0 Å². The molecule has 2 aliphatic heterocycles. The van der Waals surface area contributed by atoms with E-state index in [0.717, 1.165) is 6.54 Å². The molecule has 0 spiro atoms. The Hall–Kier alpha value is -1.26. The molecule has 4 heterocycles. The van der Waals surface area contributed by atoms with Crippen LogP contribution in [0.15, 0.2) is 36.7 Å². The summed E-state index contributed by atoms with van der Waals surface area (Å²) >= 11 is 0. The zero-order valence-electron chi connectivity index (χ0n) is 21.3. The summed E-state index contributed by atoms with van der Waals surface area (Å²) in [6.45, 7) is 10.6. The maximum absolute atomic E-state index is 4.70. The SMILES string of the molecule is CCC.Cc1ccc(CN2CCCC2C2CCC(c3ccc(C)cn3)N2C)nc1.[CH3-].[CH3-].[Fe+4]. The van der Waals surface area contributed by atoms with Gasteiger partial charge in [-0.3, -0.25) is 19.8 Å². The second kappa shape index (κ2) is 14.8. The van der Waals surface area contributed by atoms with Crippen molar-refractivity contribution in [2.24, 2.45) is 0 Å². The summed E-state index contributed by atoms with van der Waals surface area (Å²) in [5.41, 5.74) is 4.89. The van der Waals surface area contributed by atoms with Gasteiger partial charge in [0.2, 0.25) is 0 Å². The van der Waals surface area contributed by atoms with Crippen molar-refractivity contribution in [3.8, 4) is 0 Å². The topological polar surface area (TPSA) is 32.3 Å². The molecule has 0 amide bonds. The molecule has 5 heteroatoms. The van der Waals surface area contributed by atoms with E-state index in [-0.39, 0.29) is 31.9 Å². The van der Waals surface area contributed by atoms with Crippen molar-refractivity contribution in [2.75, 3.05) is 13.6 Å². The molecule has 178 valence electrons. The van der Waals surface area contributed by atoms with E-state index < -0.39 is 0 Å². The number of pyridine rings is 2. The van der Waals surface area contributed by atoms with Crippen LogP contribution in [0.25, 0.3) is 0 Å². The number of likely N-dealkylation sites (tertiary alicyclic amines) is 2. The van der Waals surface area contributed by atoms with Gasteiger partial charge in [-0.15, -0.1) is 0 Å². The van der Waals surface area contributed by atoms with Crippen LogP contribution in [0.2, 0.25) is 0 Å². The number of hydrogen-bond donors (Lipinski definition) is 0. The zero-order valence-corrected chi connectivity index (χ0v) is 22.4. The molecule has 0 aromatic carbocycles. The van der Waals surface area contributed by atoms with Crippen LogP contribution >= 0.6 is 0 Å². The standard InChI is InChI=1S/C22H30N4.C3H8.2CH3.Fe/c1-16-6-8-18(23-13-16)15-26-12-4-5-22(26)21-11-10-20(25(21)3)19-9-7-17(2)14-24-19;1-3-2;;;/h6-9,13-14,20-22H,4-5,10-12,15H2,1-3H3;3H2,1-2H3;2*1H3;/q;;2*-1;+4. The smallest absolute Gasteiger partial charge is 0.358 e. The number of rotatable bonds is 4. The molecule has 2 aromatic heterocycles. The first-order valence-corrected chi connectivity index (χ1v) is 11.3. The first-order valence-electron chi connectivity index (χ1n) is 11.3. The molecule has 0 bridgehead atoms. The summed E-state index contributed by atoms with van der Waals surface area (Å²) in [6.07, 6.45) is 10.3. The van der Waals surface area contributed by atoms with Crippen molar-refractivity contribution in [3.63, 3.8) is 0 Å². The molecule has 3 atom stereocenters. The number of nitrogens with zero attached hydrogens (tertiary/aromatic N) is 4. The quantitative estimate of drug-likeness (QED) is 0.385.